The quantitative estimate of drug-likeness (QED) is 0.186. The number of hydrogen-bond donors (Lipinski definition) is 1. The van der Waals surface area contributed by atoms with E-state index in [4.69, 9.17) is 23.2 Å². The van der Waals surface area contributed by atoms with Crippen LogP contribution in [-0.2, 0) is 32.6 Å². The van der Waals surface area contributed by atoms with Gasteiger partial charge in [0, 0.05) is 28.5 Å². The molecular formula is C35H37Cl2N3O4S. The minimum absolute atomic E-state index is 0.0453. The van der Waals surface area contributed by atoms with Gasteiger partial charge < -0.3 is 10.2 Å². The van der Waals surface area contributed by atoms with Crippen molar-refractivity contribution in [2.75, 3.05) is 10.8 Å². The SMILES string of the molecule is Cc1ccc(CN(C(=O)CN(c2cccc(Cl)c2)S(=O)(=O)c2ccc(Cl)cc2)[C@@H](Cc2ccccc2)C(=O)NC(C)(C)C)cc1. The largest absolute Gasteiger partial charge is 0.350 e. The van der Waals surface area contributed by atoms with Crippen molar-refractivity contribution in [2.45, 2.75) is 57.1 Å². The molecule has 0 saturated heterocycles. The maximum Gasteiger partial charge on any atom is 0.264 e. The number of nitrogens with zero attached hydrogens (tertiary/aromatic N) is 2. The first-order chi connectivity index (χ1) is 21.2. The number of amides is 2. The molecule has 45 heavy (non-hydrogen) atoms. The number of carbonyl (C=O) groups is 2. The van der Waals surface area contributed by atoms with E-state index in [9.17, 15) is 18.0 Å². The van der Waals surface area contributed by atoms with Crippen LogP contribution in [0.15, 0.2) is 108 Å². The molecule has 0 aliphatic heterocycles. The summed E-state index contributed by atoms with van der Waals surface area (Å²) in [6, 6.07) is 28.2. The molecule has 4 aromatic carbocycles. The first-order valence-electron chi connectivity index (χ1n) is 14.5. The summed E-state index contributed by atoms with van der Waals surface area (Å²) in [4.78, 5) is 29.9. The molecule has 0 radical (unpaired) electrons. The van der Waals surface area contributed by atoms with E-state index in [2.05, 4.69) is 5.32 Å². The molecule has 4 aromatic rings. The second kappa shape index (κ2) is 14.5. The van der Waals surface area contributed by atoms with Gasteiger partial charge in [-0.3, -0.25) is 13.9 Å². The molecule has 0 fully saturated rings. The van der Waals surface area contributed by atoms with Crippen molar-refractivity contribution < 1.29 is 18.0 Å². The molecule has 4 rings (SSSR count). The number of carbonyl (C=O) groups excluding carboxylic acids is 2. The van der Waals surface area contributed by atoms with Crippen LogP contribution in [0.3, 0.4) is 0 Å². The van der Waals surface area contributed by atoms with Crippen LogP contribution in [0.4, 0.5) is 5.69 Å². The van der Waals surface area contributed by atoms with Crippen molar-refractivity contribution in [3.63, 3.8) is 0 Å². The van der Waals surface area contributed by atoms with E-state index >= 15 is 0 Å². The monoisotopic (exact) mass is 665 g/mol. The van der Waals surface area contributed by atoms with E-state index < -0.39 is 34.1 Å². The zero-order chi connectivity index (χ0) is 32.8. The Bertz CT molecular complexity index is 1720. The van der Waals surface area contributed by atoms with Gasteiger partial charge in [-0.15, -0.1) is 0 Å². The highest BCUT2D eigenvalue weighted by Crippen LogP contribution is 2.28. The standard InChI is InChI=1S/C35H37Cl2N3O4S/c1-25-13-15-27(16-14-25)23-39(32(34(42)38-35(2,3)4)21-26-9-6-5-7-10-26)33(41)24-40(30-12-8-11-29(37)22-30)45(43,44)31-19-17-28(36)18-20-31/h5-20,22,32H,21,23-24H2,1-4H3,(H,38,42)/t32-/m0/s1. The van der Waals surface area contributed by atoms with Crippen molar-refractivity contribution in [2.24, 2.45) is 0 Å². The van der Waals surface area contributed by atoms with Gasteiger partial charge in [0.15, 0.2) is 0 Å². The molecule has 0 aromatic heterocycles. The van der Waals surface area contributed by atoms with Gasteiger partial charge in [-0.1, -0.05) is 89.4 Å². The van der Waals surface area contributed by atoms with E-state index in [1.807, 2.05) is 82.3 Å². The number of anilines is 1. The van der Waals surface area contributed by atoms with Gasteiger partial charge >= 0.3 is 0 Å². The zero-order valence-electron chi connectivity index (χ0n) is 25.7. The second-order valence-electron chi connectivity index (χ2n) is 11.9. The first kappa shape index (κ1) is 34.0. The van der Waals surface area contributed by atoms with E-state index in [-0.39, 0.29) is 29.5 Å². The van der Waals surface area contributed by atoms with Crippen LogP contribution < -0.4 is 9.62 Å². The Morgan fingerprint density at radius 3 is 2.04 bits per heavy atom. The third kappa shape index (κ3) is 9.33. The third-order valence-corrected chi connectivity index (χ3v) is 9.29. The Morgan fingerprint density at radius 2 is 1.44 bits per heavy atom. The molecule has 0 spiro atoms. The molecule has 236 valence electrons. The highest BCUT2D eigenvalue weighted by Gasteiger charge is 2.35. The lowest BCUT2D eigenvalue weighted by Gasteiger charge is -2.35. The summed E-state index contributed by atoms with van der Waals surface area (Å²) in [6.07, 6.45) is 0.224. The molecule has 7 nitrogen and oxygen atoms in total. The number of hydrogen-bond acceptors (Lipinski definition) is 4. The highest BCUT2D eigenvalue weighted by atomic mass is 35.5. The van der Waals surface area contributed by atoms with Crippen LogP contribution in [0.1, 0.15) is 37.5 Å². The number of benzene rings is 4. The van der Waals surface area contributed by atoms with Crippen LogP contribution in [0, 0.1) is 6.92 Å². The fourth-order valence-corrected chi connectivity index (χ4v) is 6.51. The van der Waals surface area contributed by atoms with Crippen molar-refractivity contribution in [1.82, 2.24) is 10.2 Å². The lowest BCUT2D eigenvalue weighted by Crippen LogP contribution is -2.56. The van der Waals surface area contributed by atoms with E-state index in [1.54, 1.807) is 18.2 Å². The van der Waals surface area contributed by atoms with Gasteiger partial charge in [-0.05, 0) is 81.3 Å². The Kier molecular flexibility index (Phi) is 11.0. The van der Waals surface area contributed by atoms with Gasteiger partial charge in [0.2, 0.25) is 11.8 Å². The van der Waals surface area contributed by atoms with E-state index in [1.165, 1.54) is 35.2 Å². The van der Waals surface area contributed by atoms with Gasteiger partial charge in [-0.2, -0.15) is 0 Å². The van der Waals surface area contributed by atoms with Gasteiger partial charge in [-0.25, -0.2) is 8.42 Å². The van der Waals surface area contributed by atoms with Gasteiger partial charge in [0.05, 0.1) is 10.6 Å². The van der Waals surface area contributed by atoms with Gasteiger partial charge in [0.25, 0.3) is 10.0 Å². The Labute approximate surface area is 275 Å². The maximum atomic E-state index is 14.5. The lowest BCUT2D eigenvalue weighted by atomic mass is 10.0. The lowest BCUT2D eigenvalue weighted by molar-refractivity contribution is -0.140. The number of rotatable bonds is 11. The molecule has 0 bridgehead atoms. The molecule has 10 heteroatoms. The average molecular weight is 667 g/mol. The predicted molar refractivity (Wildman–Crippen MR) is 181 cm³/mol. The normalized spacial score (nSPS) is 12.3. The summed E-state index contributed by atoms with van der Waals surface area (Å²) in [5, 5.41) is 3.71. The number of halogens is 2. The molecule has 0 aliphatic carbocycles. The van der Waals surface area contributed by atoms with Crippen LogP contribution in [0.2, 0.25) is 10.0 Å². The van der Waals surface area contributed by atoms with Crippen LogP contribution in [0.25, 0.3) is 0 Å². The predicted octanol–water partition coefficient (Wildman–Crippen LogP) is 7.05. The summed E-state index contributed by atoms with van der Waals surface area (Å²) in [6.45, 7) is 7.08. The van der Waals surface area contributed by atoms with Crippen molar-refractivity contribution >= 4 is 50.7 Å². The number of aryl methyl sites for hydroxylation is 1. The first-order valence-corrected chi connectivity index (χ1v) is 16.7. The molecule has 0 unspecified atom stereocenters. The molecule has 0 saturated carbocycles. The summed E-state index contributed by atoms with van der Waals surface area (Å²) < 4.78 is 29.2. The Hall–Kier alpha value is -3.85. The number of sulfonamides is 1. The van der Waals surface area contributed by atoms with Gasteiger partial charge in [0.1, 0.15) is 12.6 Å². The van der Waals surface area contributed by atoms with E-state index in [0.717, 1.165) is 21.0 Å². The zero-order valence-corrected chi connectivity index (χ0v) is 28.0. The van der Waals surface area contributed by atoms with E-state index in [0.29, 0.717) is 10.0 Å². The molecule has 0 heterocycles. The topological polar surface area (TPSA) is 86.8 Å². The summed E-state index contributed by atoms with van der Waals surface area (Å²) in [5.41, 5.74) is 2.33. The average Bonchev–Trinajstić information content (AvgIpc) is 2.98. The van der Waals surface area contributed by atoms with Crippen molar-refractivity contribution in [3.8, 4) is 0 Å². The highest BCUT2D eigenvalue weighted by molar-refractivity contribution is 7.92. The molecule has 2 amide bonds. The second-order valence-corrected chi connectivity index (χ2v) is 14.6. The minimum atomic E-state index is -4.26. The van der Waals surface area contributed by atoms with Crippen LogP contribution in [0.5, 0.6) is 0 Å². The van der Waals surface area contributed by atoms with Crippen molar-refractivity contribution in [3.05, 3.63) is 130 Å². The Balaban J connectivity index is 1.81. The fraction of sp³-hybridized carbons (Fsp3) is 0.257. The minimum Gasteiger partial charge on any atom is -0.350 e. The fourth-order valence-electron chi connectivity index (χ4n) is 4.79. The van der Waals surface area contributed by atoms with Crippen LogP contribution >= 0.6 is 23.2 Å². The third-order valence-electron chi connectivity index (χ3n) is 7.02. The van der Waals surface area contributed by atoms with Crippen LogP contribution in [-0.4, -0.2) is 43.3 Å². The summed E-state index contributed by atoms with van der Waals surface area (Å²) in [7, 11) is -4.26. The smallest absolute Gasteiger partial charge is 0.264 e. The maximum absolute atomic E-state index is 14.5. The Morgan fingerprint density at radius 1 is 0.800 bits per heavy atom. The number of nitrogens with one attached hydrogen (secondary N) is 1. The molecule has 1 atom stereocenters. The molecule has 1 N–H and O–H groups in total. The summed E-state index contributed by atoms with van der Waals surface area (Å²) >= 11 is 12.3. The summed E-state index contributed by atoms with van der Waals surface area (Å²) in [5.74, 6) is -0.903. The molecule has 0 aliphatic rings. The molecular weight excluding hydrogens is 629 g/mol. The van der Waals surface area contributed by atoms with Crippen molar-refractivity contribution in [1.29, 1.82) is 0 Å².